The van der Waals surface area contributed by atoms with E-state index >= 15 is 0 Å². The zero-order chi connectivity index (χ0) is 24.2. The van der Waals surface area contributed by atoms with Gasteiger partial charge in [0.1, 0.15) is 11.4 Å². The second-order valence-electron chi connectivity index (χ2n) is 7.21. The molecule has 0 bridgehead atoms. The average molecular weight is 451 g/mol. The number of para-hydroxylation sites is 1. The first-order chi connectivity index (χ1) is 16.5. The normalized spacial score (nSPS) is 10.5. The van der Waals surface area contributed by atoms with Gasteiger partial charge in [-0.2, -0.15) is 0 Å². The van der Waals surface area contributed by atoms with Gasteiger partial charge in [-0.3, -0.25) is 14.2 Å². The number of terminal acetylenes is 1. The van der Waals surface area contributed by atoms with E-state index in [1.165, 1.54) is 4.52 Å². The lowest BCUT2D eigenvalue weighted by Gasteiger charge is -2.13. The standard InChI is InChI=1S/C18H14N2O.C7H7N5O/c1-3-13-9-8-12-15-17(13)18(21)20(16(4-2)19-15)14-10-6-5-7-11-14;8-5-4(6(9)13)7-10-2-1-3-12(7)11-5/h1,5-12H,4H2,2H3;1-3H,(H2,8,11)(H2,9,13). The van der Waals surface area contributed by atoms with Crippen molar-refractivity contribution in [3.63, 3.8) is 0 Å². The van der Waals surface area contributed by atoms with Gasteiger partial charge in [0, 0.05) is 24.4 Å². The summed E-state index contributed by atoms with van der Waals surface area (Å²) in [5.74, 6) is 2.79. The molecule has 3 heterocycles. The smallest absolute Gasteiger partial charge is 0.267 e. The third-order valence-electron chi connectivity index (χ3n) is 5.12. The minimum Gasteiger partial charge on any atom is -0.381 e. The molecule has 2 aromatic carbocycles. The van der Waals surface area contributed by atoms with E-state index < -0.39 is 5.91 Å². The van der Waals surface area contributed by atoms with Gasteiger partial charge in [-0.05, 0) is 30.3 Å². The summed E-state index contributed by atoms with van der Waals surface area (Å²) in [7, 11) is 0. The van der Waals surface area contributed by atoms with Crippen LogP contribution < -0.4 is 17.0 Å². The summed E-state index contributed by atoms with van der Waals surface area (Å²) < 4.78 is 3.05. The number of amides is 1. The van der Waals surface area contributed by atoms with E-state index in [2.05, 4.69) is 21.0 Å². The molecule has 34 heavy (non-hydrogen) atoms. The van der Waals surface area contributed by atoms with Crippen molar-refractivity contribution in [2.75, 3.05) is 5.73 Å². The molecule has 0 aliphatic rings. The van der Waals surface area contributed by atoms with E-state index in [0.717, 1.165) is 11.5 Å². The Labute approximate surface area is 194 Å². The number of nitrogen functional groups attached to an aromatic ring is 1. The first-order valence-corrected chi connectivity index (χ1v) is 10.4. The Morgan fingerprint density at radius 3 is 2.56 bits per heavy atom. The summed E-state index contributed by atoms with van der Waals surface area (Å²) in [5, 5.41) is 4.37. The highest BCUT2D eigenvalue weighted by Gasteiger charge is 2.15. The molecule has 5 aromatic rings. The Balaban J connectivity index is 0.000000180. The van der Waals surface area contributed by atoms with E-state index in [1.54, 1.807) is 29.1 Å². The molecule has 9 heteroatoms. The number of benzene rings is 2. The minimum atomic E-state index is -0.619. The summed E-state index contributed by atoms with van der Waals surface area (Å²) in [6.07, 6.45) is 9.37. The average Bonchev–Trinajstić information content (AvgIpc) is 3.20. The molecule has 168 valence electrons. The number of primary amides is 1. The Morgan fingerprint density at radius 2 is 1.88 bits per heavy atom. The molecule has 1 amide bonds. The van der Waals surface area contributed by atoms with Crippen molar-refractivity contribution in [2.45, 2.75) is 13.3 Å². The predicted molar refractivity (Wildman–Crippen MR) is 131 cm³/mol. The Morgan fingerprint density at radius 1 is 1.12 bits per heavy atom. The van der Waals surface area contributed by atoms with Gasteiger partial charge in [-0.25, -0.2) is 14.5 Å². The zero-order valence-corrected chi connectivity index (χ0v) is 18.3. The number of carbonyl (C=O) groups is 1. The number of anilines is 1. The molecule has 5 rings (SSSR count). The number of carbonyl (C=O) groups excluding carboxylic acids is 1. The zero-order valence-electron chi connectivity index (χ0n) is 18.3. The first kappa shape index (κ1) is 22.2. The summed E-state index contributed by atoms with van der Waals surface area (Å²) in [6, 6.07) is 16.6. The number of aromatic nitrogens is 5. The van der Waals surface area contributed by atoms with Gasteiger partial charge in [-0.15, -0.1) is 11.5 Å². The van der Waals surface area contributed by atoms with Gasteiger partial charge in [-0.1, -0.05) is 37.1 Å². The maximum absolute atomic E-state index is 12.9. The van der Waals surface area contributed by atoms with Crippen molar-refractivity contribution < 1.29 is 4.79 Å². The molecule has 4 N–H and O–H groups in total. The Hall–Kier alpha value is -4.97. The molecule has 0 spiro atoms. The van der Waals surface area contributed by atoms with Crippen LogP contribution in [0.15, 0.2) is 71.8 Å². The lowest BCUT2D eigenvalue weighted by molar-refractivity contribution is 0.100. The van der Waals surface area contributed by atoms with Gasteiger partial charge in [0.25, 0.3) is 11.5 Å². The van der Waals surface area contributed by atoms with Crippen LogP contribution >= 0.6 is 0 Å². The molecule has 0 saturated heterocycles. The quantitative estimate of drug-likeness (QED) is 0.404. The van der Waals surface area contributed by atoms with Crippen molar-refractivity contribution in [2.24, 2.45) is 5.73 Å². The fourth-order valence-electron chi connectivity index (χ4n) is 3.62. The third kappa shape index (κ3) is 3.96. The van der Waals surface area contributed by atoms with Crippen LogP contribution in [-0.4, -0.2) is 30.1 Å². The van der Waals surface area contributed by atoms with Gasteiger partial charge < -0.3 is 11.5 Å². The summed E-state index contributed by atoms with van der Waals surface area (Å²) >= 11 is 0. The van der Waals surface area contributed by atoms with E-state index in [0.29, 0.717) is 28.5 Å². The van der Waals surface area contributed by atoms with Crippen molar-refractivity contribution in [3.8, 4) is 18.0 Å². The molecule has 0 saturated carbocycles. The maximum Gasteiger partial charge on any atom is 0.267 e. The highest BCUT2D eigenvalue weighted by Crippen LogP contribution is 2.16. The van der Waals surface area contributed by atoms with Crippen molar-refractivity contribution >= 4 is 28.3 Å². The van der Waals surface area contributed by atoms with Crippen molar-refractivity contribution in [1.29, 1.82) is 0 Å². The second-order valence-corrected chi connectivity index (χ2v) is 7.21. The predicted octanol–water partition coefficient (Wildman–Crippen LogP) is 2.34. The first-order valence-electron chi connectivity index (χ1n) is 10.4. The van der Waals surface area contributed by atoms with Crippen molar-refractivity contribution in [3.05, 3.63) is 94.3 Å². The highest BCUT2D eigenvalue weighted by molar-refractivity contribution is 6.03. The lowest BCUT2D eigenvalue weighted by atomic mass is 10.1. The number of hydrogen-bond acceptors (Lipinski definition) is 6. The van der Waals surface area contributed by atoms with Crippen LogP contribution in [0.3, 0.4) is 0 Å². The molecule has 3 aromatic heterocycles. The number of nitrogens with two attached hydrogens (primary N) is 2. The highest BCUT2D eigenvalue weighted by atomic mass is 16.1. The van der Waals surface area contributed by atoms with Gasteiger partial charge in [0.2, 0.25) is 0 Å². The van der Waals surface area contributed by atoms with E-state index in [4.69, 9.17) is 17.9 Å². The molecular formula is C25H21N7O2. The summed E-state index contributed by atoms with van der Waals surface area (Å²) in [4.78, 5) is 32.4. The molecular weight excluding hydrogens is 430 g/mol. The van der Waals surface area contributed by atoms with Crippen LogP contribution in [-0.2, 0) is 6.42 Å². The molecule has 0 aliphatic carbocycles. The fraction of sp³-hybridized carbons (Fsp3) is 0.0800. The van der Waals surface area contributed by atoms with Gasteiger partial charge in [0.15, 0.2) is 11.5 Å². The monoisotopic (exact) mass is 451 g/mol. The van der Waals surface area contributed by atoms with Crippen LogP contribution in [0.4, 0.5) is 5.82 Å². The number of fused-ring (bicyclic) bond motifs is 2. The van der Waals surface area contributed by atoms with Crippen LogP contribution in [0.1, 0.15) is 28.7 Å². The molecule has 0 aliphatic heterocycles. The number of nitrogens with zero attached hydrogens (tertiary/aromatic N) is 5. The second kappa shape index (κ2) is 9.26. The number of aryl methyl sites for hydroxylation is 1. The molecule has 0 fully saturated rings. The minimum absolute atomic E-state index is 0.103. The van der Waals surface area contributed by atoms with Crippen molar-refractivity contribution in [1.82, 2.24) is 24.1 Å². The van der Waals surface area contributed by atoms with Gasteiger partial charge >= 0.3 is 0 Å². The maximum atomic E-state index is 12.9. The Kier molecular flexibility index (Phi) is 6.05. The summed E-state index contributed by atoms with van der Waals surface area (Å²) in [5.41, 5.74) is 13.1. The van der Waals surface area contributed by atoms with E-state index in [-0.39, 0.29) is 16.9 Å². The van der Waals surface area contributed by atoms with E-state index in [1.807, 2.05) is 49.4 Å². The number of rotatable bonds is 3. The molecule has 0 atom stereocenters. The SMILES string of the molecule is C#Cc1cccc2nc(CC)n(-c3ccccc3)c(=O)c12.NC(=O)c1c(N)nn2cccnc12. The van der Waals surface area contributed by atoms with E-state index in [9.17, 15) is 9.59 Å². The lowest BCUT2D eigenvalue weighted by Crippen LogP contribution is -2.24. The van der Waals surface area contributed by atoms with Crippen LogP contribution in [0.25, 0.3) is 22.2 Å². The number of hydrogen-bond donors (Lipinski definition) is 2. The van der Waals surface area contributed by atoms with Gasteiger partial charge in [0.05, 0.1) is 16.6 Å². The molecule has 0 unspecified atom stereocenters. The molecule has 0 radical (unpaired) electrons. The fourth-order valence-corrected chi connectivity index (χ4v) is 3.62. The Bertz CT molecular complexity index is 1610. The third-order valence-corrected chi connectivity index (χ3v) is 5.12. The van der Waals surface area contributed by atoms with Crippen LogP contribution in [0.2, 0.25) is 0 Å². The largest absolute Gasteiger partial charge is 0.381 e. The molecule has 9 nitrogen and oxygen atoms in total. The van der Waals surface area contributed by atoms with Crippen LogP contribution in [0.5, 0.6) is 0 Å². The summed E-state index contributed by atoms with van der Waals surface area (Å²) in [6.45, 7) is 1.98. The van der Waals surface area contributed by atoms with Crippen LogP contribution in [0, 0.1) is 12.3 Å². The topological polar surface area (TPSA) is 134 Å².